The standard InChI is InChI=1S/C12H21ClN2O3/c1-8(13)7-14-11(18)15-9(5-10(16)17)6-12(2,3)4/h9H,1,5-7H2,2-4H3,(H,16,17)(H2,14,15,18). The van der Waals surface area contributed by atoms with E-state index in [1.54, 1.807) is 0 Å². The molecule has 0 aliphatic carbocycles. The summed E-state index contributed by atoms with van der Waals surface area (Å²) in [6.07, 6.45) is 0.473. The molecule has 0 fully saturated rings. The Hall–Kier alpha value is -1.23. The summed E-state index contributed by atoms with van der Waals surface area (Å²) in [6, 6.07) is -0.849. The van der Waals surface area contributed by atoms with Crippen LogP contribution in [0.3, 0.4) is 0 Å². The number of carboxylic acids is 1. The molecule has 0 aliphatic heterocycles. The van der Waals surface area contributed by atoms with Crippen molar-refractivity contribution in [2.75, 3.05) is 6.54 Å². The van der Waals surface area contributed by atoms with Crippen molar-refractivity contribution in [3.63, 3.8) is 0 Å². The molecular formula is C12H21ClN2O3. The monoisotopic (exact) mass is 276 g/mol. The molecule has 0 spiro atoms. The molecule has 0 bridgehead atoms. The second kappa shape index (κ2) is 7.26. The van der Waals surface area contributed by atoms with Crippen molar-refractivity contribution >= 4 is 23.6 Å². The number of halogens is 1. The van der Waals surface area contributed by atoms with Crippen LogP contribution < -0.4 is 10.6 Å². The minimum absolute atomic E-state index is 0.0660. The third-order valence-electron chi connectivity index (χ3n) is 2.06. The number of urea groups is 1. The maximum atomic E-state index is 11.5. The molecule has 0 aromatic heterocycles. The summed E-state index contributed by atoms with van der Waals surface area (Å²) in [5.41, 5.74) is -0.0660. The molecule has 0 saturated carbocycles. The number of carbonyl (C=O) groups is 2. The van der Waals surface area contributed by atoms with Crippen LogP contribution in [-0.2, 0) is 4.79 Å². The highest BCUT2D eigenvalue weighted by Gasteiger charge is 2.22. The SMILES string of the molecule is C=C(Cl)CNC(=O)NC(CC(=O)O)CC(C)(C)C. The number of carboxylic acid groups (broad SMARTS) is 1. The van der Waals surface area contributed by atoms with Gasteiger partial charge in [0.1, 0.15) is 0 Å². The molecule has 5 nitrogen and oxygen atoms in total. The van der Waals surface area contributed by atoms with Gasteiger partial charge in [0.05, 0.1) is 13.0 Å². The molecule has 0 rings (SSSR count). The van der Waals surface area contributed by atoms with E-state index in [-0.39, 0.29) is 18.4 Å². The predicted molar refractivity (Wildman–Crippen MR) is 71.6 cm³/mol. The lowest BCUT2D eigenvalue weighted by Crippen LogP contribution is -2.44. The molecule has 2 amide bonds. The predicted octanol–water partition coefficient (Wildman–Crippen LogP) is 2.32. The summed E-state index contributed by atoms with van der Waals surface area (Å²) in [5, 5.41) is 14.2. The summed E-state index contributed by atoms with van der Waals surface area (Å²) < 4.78 is 0. The molecule has 1 unspecified atom stereocenters. The Bertz CT molecular complexity index is 324. The number of amides is 2. The van der Waals surface area contributed by atoms with Crippen molar-refractivity contribution in [1.29, 1.82) is 0 Å². The quantitative estimate of drug-likeness (QED) is 0.697. The fourth-order valence-corrected chi connectivity index (χ4v) is 1.60. The Balaban J connectivity index is 4.35. The highest BCUT2D eigenvalue weighted by molar-refractivity contribution is 6.29. The van der Waals surface area contributed by atoms with E-state index < -0.39 is 18.0 Å². The van der Waals surface area contributed by atoms with Gasteiger partial charge in [-0.15, -0.1) is 0 Å². The molecule has 0 aliphatic rings. The summed E-state index contributed by atoms with van der Waals surface area (Å²) in [5.74, 6) is -0.939. The molecule has 104 valence electrons. The summed E-state index contributed by atoms with van der Waals surface area (Å²) in [6.45, 7) is 9.56. The summed E-state index contributed by atoms with van der Waals surface area (Å²) in [4.78, 5) is 22.2. The lowest BCUT2D eigenvalue weighted by Gasteiger charge is -2.25. The van der Waals surface area contributed by atoms with E-state index in [0.717, 1.165) is 0 Å². The zero-order valence-corrected chi connectivity index (χ0v) is 11.8. The van der Waals surface area contributed by atoms with E-state index >= 15 is 0 Å². The molecule has 0 aromatic rings. The van der Waals surface area contributed by atoms with Crippen LogP contribution >= 0.6 is 11.6 Å². The van der Waals surface area contributed by atoms with E-state index in [9.17, 15) is 9.59 Å². The Morgan fingerprint density at radius 3 is 2.33 bits per heavy atom. The van der Waals surface area contributed by atoms with Crippen molar-refractivity contribution in [3.8, 4) is 0 Å². The maximum Gasteiger partial charge on any atom is 0.315 e. The molecule has 0 radical (unpaired) electrons. The molecule has 0 aromatic carbocycles. The van der Waals surface area contributed by atoms with Crippen LogP contribution in [0.5, 0.6) is 0 Å². The largest absolute Gasteiger partial charge is 0.481 e. The number of aliphatic carboxylic acids is 1. The van der Waals surface area contributed by atoms with Gasteiger partial charge in [-0.2, -0.15) is 0 Å². The van der Waals surface area contributed by atoms with Crippen molar-refractivity contribution in [2.45, 2.75) is 39.7 Å². The van der Waals surface area contributed by atoms with Gasteiger partial charge in [0.2, 0.25) is 0 Å². The Labute approximate surface area is 113 Å². The average Bonchev–Trinajstić information content (AvgIpc) is 2.10. The second-order valence-electron chi connectivity index (χ2n) is 5.40. The van der Waals surface area contributed by atoms with Crippen molar-refractivity contribution in [1.82, 2.24) is 10.6 Å². The summed E-state index contributed by atoms with van der Waals surface area (Å²) in [7, 11) is 0. The van der Waals surface area contributed by atoms with Gasteiger partial charge in [-0.1, -0.05) is 39.0 Å². The van der Waals surface area contributed by atoms with E-state index in [2.05, 4.69) is 17.2 Å². The van der Waals surface area contributed by atoms with Crippen molar-refractivity contribution in [3.05, 3.63) is 11.6 Å². The average molecular weight is 277 g/mol. The van der Waals surface area contributed by atoms with Crippen LogP contribution in [0.1, 0.15) is 33.6 Å². The van der Waals surface area contributed by atoms with Crippen molar-refractivity contribution in [2.24, 2.45) is 5.41 Å². The Kier molecular flexibility index (Phi) is 6.76. The minimum atomic E-state index is -0.939. The molecule has 6 heteroatoms. The second-order valence-corrected chi connectivity index (χ2v) is 5.94. The number of rotatable bonds is 6. The number of carbonyl (C=O) groups excluding carboxylic acids is 1. The number of hydrogen-bond donors (Lipinski definition) is 3. The van der Waals surface area contributed by atoms with Crippen LogP contribution in [0.4, 0.5) is 4.79 Å². The fourth-order valence-electron chi connectivity index (χ4n) is 1.54. The van der Waals surface area contributed by atoms with Crippen LogP contribution in [0.15, 0.2) is 11.6 Å². The third kappa shape index (κ3) is 9.96. The third-order valence-corrected chi connectivity index (χ3v) is 2.19. The van der Waals surface area contributed by atoms with Crippen LogP contribution in [0.25, 0.3) is 0 Å². The Morgan fingerprint density at radius 1 is 1.39 bits per heavy atom. The van der Waals surface area contributed by atoms with Crippen LogP contribution in [0.2, 0.25) is 0 Å². The molecule has 1 atom stereocenters. The van der Waals surface area contributed by atoms with E-state index in [1.807, 2.05) is 20.8 Å². The Morgan fingerprint density at radius 2 is 1.94 bits per heavy atom. The van der Waals surface area contributed by atoms with Gasteiger partial charge in [0, 0.05) is 11.1 Å². The van der Waals surface area contributed by atoms with Gasteiger partial charge >= 0.3 is 12.0 Å². The first-order valence-electron chi connectivity index (χ1n) is 5.69. The molecule has 18 heavy (non-hydrogen) atoms. The number of hydrogen-bond acceptors (Lipinski definition) is 2. The van der Waals surface area contributed by atoms with E-state index in [1.165, 1.54) is 0 Å². The van der Waals surface area contributed by atoms with Crippen molar-refractivity contribution < 1.29 is 14.7 Å². The number of nitrogens with one attached hydrogen (secondary N) is 2. The lowest BCUT2D eigenvalue weighted by atomic mass is 9.87. The highest BCUT2D eigenvalue weighted by atomic mass is 35.5. The van der Waals surface area contributed by atoms with Crippen LogP contribution in [-0.4, -0.2) is 29.7 Å². The lowest BCUT2D eigenvalue weighted by molar-refractivity contribution is -0.137. The fraction of sp³-hybridized carbons (Fsp3) is 0.667. The summed E-state index contributed by atoms with van der Waals surface area (Å²) >= 11 is 5.52. The van der Waals surface area contributed by atoms with E-state index in [4.69, 9.17) is 16.7 Å². The molecule has 3 N–H and O–H groups in total. The maximum absolute atomic E-state index is 11.5. The van der Waals surface area contributed by atoms with E-state index in [0.29, 0.717) is 11.5 Å². The van der Waals surface area contributed by atoms with Crippen LogP contribution in [0, 0.1) is 5.41 Å². The zero-order chi connectivity index (χ0) is 14.3. The molecule has 0 saturated heterocycles. The first-order chi connectivity index (χ1) is 8.10. The zero-order valence-electron chi connectivity index (χ0n) is 11.0. The minimum Gasteiger partial charge on any atom is -0.481 e. The highest BCUT2D eigenvalue weighted by Crippen LogP contribution is 2.22. The van der Waals surface area contributed by atoms with Gasteiger partial charge in [0.15, 0.2) is 0 Å². The smallest absolute Gasteiger partial charge is 0.315 e. The first kappa shape index (κ1) is 16.8. The molecule has 0 heterocycles. The normalized spacial score (nSPS) is 12.7. The first-order valence-corrected chi connectivity index (χ1v) is 6.07. The van der Waals surface area contributed by atoms with Gasteiger partial charge in [-0.25, -0.2) is 4.79 Å². The topological polar surface area (TPSA) is 78.4 Å². The van der Waals surface area contributed by atoms with Gasteiger partial charge in [-0.3, -0.25) is 4.79 Å². The van der Waals surface area contributed by atoms with Gasteiger partial charge < -0.3 is 15.7 Å². The van der Waals surface area contributed by atoms with Gasteiger partial charge in [0.25, 0.3) is 0 Å². The molecular weight excluding hydrogens is 256 g/mol. The van der Waals surface area contributed by atoms with Gasteiger partial charge in [-0.05, 0) is 11.8 Å².